The lowest BCUT2D eigenvalue weighted by molar-refractivity contribution is -0.120. The molecule has 1 aromatic heterocycles. The number of aromatic nitrogens is 2. The lowest BCUT2D eigenvalue weighted by Gasteiger charge is -2.38. The zero-order chi connectivity index (χ0) is 23.8. The van der Waals surface area contributed by atoms with Gasteiger partial charge in [-0.1, -0.05) is 6.07 Å². The van der Waals surface area contributed by atoms with E-state index in [-0.39, 0.29) is 5.56 Å². The highest BCUT2D eigenvalue weighted by Crippen LogP contribution is 2.40. The Hall–Kier alpha value is -3.79. The van der Waals surface area contributed by atoms with Crippen molar-refractivity contribution in [1.82, 2.24) is 9.97 Å². The predicted molar refractivity (Wildman–Crippen MR) is 126 cm³/mol. The van der Waals surface area contributed by atoms with E-state index >= 15 is 0 Å². The molecule has 0 spiro atoms. The van der Waals surface area contributed by atoms with E-state index in [4.69, 9.17) is 4.74 Å². The van der Waals surface area contributed by atoms with E-state index < -0.39 is 23.6 Å². The molecule has 0 aliphatic carbocycles. The first-order valence-corrected chi connectivity index (χ1v) is 10.9. The van der Waals surface area contributed by atoms with Crippen molar-refractivity contribution in [1.29, 1.82) is 0 Å². The van der Waals surface area contributed by atoms with Crippen LogP contribution in [-0.4, -0.2) is 56.3 Å². The monoisotopic (exact) mass is 466 g/mol. The zero-order valence-electron chi connectivity index (χ0n) is 18.8. The van der Waals surface area contributed by atoms with E-state index in [1.807, 2.05) is 24.3 Å². The molecule has 2 aromatic carbocycles. The van der Waals surface area contributed by atoms with Crippen molar-refractivity contribution < 1.29 is 18.3 Å². The molecule has 8 nitrogen and oxygen atoms in total. The summed E-state index contributed by atoms with van der Waals surface area (Å²) in [4.78, 5) is 27.0. The molecule has 1 N–H and O–H groups in total. The van der Waals surface area contributed by atoms with Gasteiger partial charge in [-0.05, 0) is 36.4 Å². The van der Waals surface area contributed by atoms with Crippen molar-refractivity contribution in [3.8, 4) is 0 Å². The minimum atomic E-state index is -1.19. The summed E-state index contributed by atoms with van der Waals surface area (Å²) in [6, 6.07) is 10.3. The number of amides is 1. The first kappa shape index (κ1) is 22.0. The Balaban J connectivity index is 1.42. The van der Waals surface area contributed by atoms with Crippen LogP contribution in [0.2, 0.25) is 0 Å². The van der Waals surface area contributed by atoms with Crippen LogP contribution in [0.1, 0.15) is 11.6 Å². The molecular formula is C24H24F2N6O2. The fourth-order valence-electron chi connectivity index (χ4n) is 4.31. The van der Waals surface area contributed by atoms with Crippen LogP contribution in [0.3, 0.4) is 0 Å². The van der Waals surface area contributed by atoms with Gasteiger partial charge < -0.3 is 24.8 Å². The second-order valence-electron chi connectivity index (χ2n) is 8.22. The number of nitrogens with zero attached hydrogens (tertiary/aromatic N) is 5. The smallest absolute Gasteiger partial charge is 0.254 e. The minimum absolute atomic E-state index is 0.306. The summed E-state index contributed by atoms with van der Waals surface area (Å²) in [7, 11) is 3.13. The number of fused-ring (bicyclic) bond motifs is 1. The molecule has 0 bridgehead atoms. The highest BCUT2D eigenvalue weighted by molar-refractivity contribution is 6.04. The van der Waals surface area contributed by atoms with Gasteiger partial charge in [0.1, 0.15) is 23.4 Å². The molecule has 1 atom stereocenters. The summed E-state index contributed by atoms with van der Waals surface area (Å²) in [5, 5.41) is 3.16. The average Bonchev–Trinajstić information content (AvgIpc) is 2.85. The molecule has 34 heavy (non-hydrogen) atoms. The van der Waals surface area contributed by atoms with Crippen LogP contribution in [0.25, 0.3) is 0 Å². The second kappa shape index (κ2) is 8.86. The Morgan fingerprint density at radius 1 is 1.03 bits per heavy atom. The molecule has 2 aliphatic rings. The Kier molecular flexibility index (Phi) is 5.74. The summed E-state index contributed by atoms with van der Waals surface area (Å²) in [6.07, 6.45) is 1.52. The van der Waals surface area contributed by atoms with E-state index in [1.54, 1.807) is 14.1 Å². The number of ether oxygens (including phenoxy) is 1. The van der Waals surface area contributed by atoms with Gasteiger partial charge in [-0.25, -0.2) is 13.8 Å². The molecule has 176 valence electrons. The van der Waals surface area contributed by atoms with Gasteiger partial charge in [0.05, 0.1) is 25.0 Å². The number of likely N-dealkylation sites (N-methyl/N-ethyl adjacent to an activating group) is 2. The molecule has 1 amide bonds. The van der Waals surface area contributed by atoms with Gasteiger partial charge in [-0.3, -0.25) is 4.79 Å². The van der Waals surface area contributed by atoms with E-state index in [1.165, 1.54) is 22.1 Å². The molecule has 1 saturated heterocycles. The van der Waals surface area contributed by atoms with E-state index in [2.05, 4.69) is 20.2 Å². The minimum Gasteiger partial charge on any atom is -0.378 e. The van der Waals surface area contributed by atoms with Crippen LogP contribution in [0.4, 0.5) is 37.6 Å². The molecule has 0 saturated carbocycles. The van der Waals surface area contributed by atoms with Crippen molar-refractivity contribution in [3.05, 3.63) is 65.9 Å². The van der Waals surface area contributed by atoms with E-state index in [0.29, 0.717) is 30.7 Å². The van der Waals surface area contributed by atoms with Crippen LogP contribution in [0, 0.1) is 11.6 Å². The van der Waals surface area contributed by atoms with Gasteiger partial charge in [0.15, 0.2) is 5.82 Å². The third-order valence-electron chi connectivity index (χ3n) is 6.17. The number of rotatable bonds is 4. The Labute approximate surface area is 195 Å². The van der Waals surface area contributed by atoms with Gasteiger partial charge in [0.25, 0.3) is 5.91 Å². The lowest BCUT2D eigenvalue weighted by atomic mass is 10.0. The number of carbonyl (C=O) groups excluding carboxylic acids is 1. The van der Waals surface area contributed by atoms with Crippen LogP contribution < -0.4 is 20.0 Å². The predicted octanol–water partition coefficient (Wildman–Crippen LogP) is 3.49. The quantitative estimate of drug-likeness (QED) is 0.631. The summed E-state index contributed by atoms with van der Waals surface area (Å²) >= 11 is 0. The maximum absolute atomic E-state index is 14.5. The Morgan fingerprint density at radius 2 is 1.71 bits per heavy atom. The maximum Gasteiger partial charge on any atom is 0.254 e. The maximum atomic E-state index is 14.5. The van der Waals surface area contributed by atoms with Crippen molar-refractivity contribution in [2.45, 2.75) is 6.04 Å². The molecule has 2 aliphatic heterocycles. The van der Waals surface area contributed by atoms with Gasteiger partial charge in [0, 0.05) is 38.6 Å². The van der Waals surface area contributed by atoms with E-state index in [9.17, 15) is 13.6 Å². The largest absolute Gasteiger partial charge is 0.378 e. The first-order chi connectivity index (χ1) is 16.4. The number of hydrogen-bond acceptors (Lipinski definition) is 7. The van der Waals surface area contributed by atoms with Crippen molar-refractivity contribution >= 4 is 34.7 Å². The van der Waals surface area contributed by atoms with Gasteiger partial charge >= 0.3 is 0 Å². The molecular weight excluding hydrogens is 442 g/mol. The molecule has 0 radical (unpaired) electrons. The third kappa shape index (κ3) is 3.90. The summed E-state index contributed by atoms with van der Waals surface area (Å²) in [5.74, 6) is -1.34. The highest BCUT2D eigenvalue weighted by Gasteiger charge is 2.40. The molecule has 3 aromatic rings. The normalized spacial score (nSPS) is 18.2. The number of halogens is 2. The number of nitrogens with one attached hydrogen (secondary N) is 1. The van der Waals surface area contributed by atoms with Crippen molar-refractivity contribution in [2.75, 3.05) is 60.4 Å². The van der Waals surface area contributed by atoms with Crippen molar-refractivity contribution in [3.63, 3.8) is 0 Å². The molecule has 1 unspecified atom stereocenters. The number of hydrogen-bond donors (Lipinski definition) is 1. The highest BCUT2D eigenvalue weighted by atomic mass is 19.1. The Bertz CT molecular complexity index is 1200. The SMILES string of the molecule is CN1C(=O)C(c2c(F)cccc2F)N(C)c2nc(Nc3ccc(N4CCOCC4)cc3)ncc21. The lowest BCUT2D eigenvalue weighted by Crippen LogP contribution is -2.46. The molecule has 3 heterocycles. The topological polar surface area (TPSA) is 73.8 Å². The summed E-state index contributed by atoms with van der Waals surface area (Å²) in [5.41, 5.74) is 2.04. The number of carbonyl (C=O) groups is 1. The number of anilines is 5. The fourth-order valence-corrected chi connectivity index (χ4v) is 4.31. The van der Waals surface area contributed by atoms with Gasteiger partial charge in [0.2, 0.25) is 5.95 Å². The molecule has 1 fully saturated rings. The van der Waals surface area contributed by atoms with Crippen LogP contribution in [-0.2, 0) is 9.53 Å². The number of benzene rings is 2. The summed E-state index contributed by atoms with van der Waals surface area (Å²) < 4.78 is 34.5. The van der Waals surface area contributed by atoms with Crippen LogP contribution in [0.5, 0.6) is 0 Å². The second-order valence-corrected chi connectivity index (χ2v) is 8.22. The first-order valence-electron chi connectivity index (χ1n) is 10.9. The van der Waals surface area contributed by atoms with Gasteiger partial charge in [-0.2, -0.15) is 4.98 Å². The molecule has 10 heteroatoms. The summed E-state index contributed by atoms with van der Waals surface area (Å²) in [6.45, 7) is 3.13. The Morgan fingerprint density at radius 3 is 2.38 bits per heavy atom. The number of morpholine rings is 1. The molecule has 5 rings (SSSR count). The van der Waals surface area contributed by atoms with Crippen molar-refractivity contribution in [2.24, 2.45) is 0 Å². The zero-order valence-corrected chi connectivity index (χ0v) is 18.8. The average molecular weight is 466 g/mol. The standard InChI is InChI=1S/C24H24F2N6O2/c1-30-19-14-27-24(28-15-6-8-16(9-7-15)32-10-12-34-13-11-32)29-22(19)31(2)21(23(30)33)20-17(25)4-3-5-18(20)26/h3-9,14,21H,10-13H2,1-2H3,(H,27,28,29). The fraction of sp³-hybridized carbons (Fsp3) is 0.292. The van der Waals surface area contributed by atoms with Crippen LogP contribution >= 0.6 is 0 Å². The van der Waals surface area contributed by atoms with E-state index in [0.717, 1.165) is 36.6 Å². The van der Waals surface area contributed by atoms with Gasteiger partial charge in [-0.15, -0.1) is 0 Å². The van der Waals surface area contributed by atoms with Crippen LogP contribution in [0.15, 0.2) is 48.7 Å². The third-order valence-corrected chi connectivity index (χ3v) is 6.17.